The fraction of sp³-hybridized carbons (Fsp3) is 0.333. The van der Waals surface area contributed by atoms with Crippen molar-refractivity contribution in [1.82, 2.24) is 0 Å². The number of benzene rings is 1. The third-order valence-electron chi connectivity index (χ3n) is 2.34. The first-order chi connectivity index (χ1) is 7.15. The second-order valence-electron chi connectivity index (χ2n) is 3.43. The van der Waals surface area contributed by atoms with Crippen LogP contribution in [0, 0.1) is 5.92 Å². The third kappa shape index (κ3) is 4.22. The van der Waals surface area contributed by atoms with Crippen LogP contribution in [0.1, 0.15) is 30.1 Å². The molecule has 0 aromatic heterocycles. The SMILES string of the molecule is CCC(CC(=O)O)C(=O)c1ccccc1.[LiH]. The fourth-order valence-corrected chi connectivity index (χ4v) is 1.47. The normalized spacial score (nSPS) is 11.3. The predicted molar refractivity (Wildman–Crippen MR) is 64.0 cm³/mol. The molecule has 0 radical (unpaired) electrons. The van der Waals surface area contributed by atoms with Crippen LogP contribution in [-0.2, 0) is 4.79 Å². The van der Waals surface area contributed by atoms with E-state index in [2.05, 4.69) is 0 Å². The summed E-state index contributed by atoms with van der Waals surface area (Å²) in [4.78, 5) is 22.4. The number of ketones is 1. The Balaban J connectivity index is 0.00000225. The molecular formula is C12H15LiO3. The Morgan fingerprint density at radius 3 is 2.25 bits per heavy atom. The molecule has 0 saturated heterocycles. The van der Waals surface area contributed by atoms with Gasteiger partial charge in [-0.15, -0.1) is 0 Å². The second kappa shape index (κ2) is 7.27. The standard InChI is InChI=1S/C12H14O3.Li.H/c1-2-9(8-11(13)14)12(15)10-6-4-3-5-7-10;;/h3-7,9H,2,8H2,1H3,(H,13,14);;. The number of carboxylic acid groups (broad SMARTS) is 1. The molecule has 82 valence electrons. The van der Waals surface area contributed by atoms with Gasteiger partial charge in [-0.2, -0.15) is 0 Å². The van der Waals surface area contributed by atoms with Crippen molar-refractivity contribution in [1.29, 1.82) is 0 Å². The number of aliphatic carboxylic acids is 1. The molecule has 1 rings (SSSR count). The average molecular weight is 214 g/mol. The van der Waals surface area contributed by atoms with Crippen LogP contribution in [0.4, 0.5) is 0 Å². The number of hydrogen-bond donors (Lipinski definition) is 1. The van der Waals surface area contributed by atoms with Gasteiger partial charge in [0.2, 0.25) is 0 Å². The molecule has 4 heteroatoms. The molecule has 1 aromatic rings. The van der Waals surface area contributed by atoms with Crippen LogP contribution in [0.25, 0.3) is 0 Å². The molecule has 0 aliphatic rings. The van der Waals surface area contributed by atoms with Crippen molar-refractivity contribution in [3.63, 3.8) is 0 Å². The van der Waals surface area contributed by atoms with E-state index >= 15 is 0 Å². The van der Waals surface area contributed by atoms with E-state index in [-0.39, 0.29) is 31.1 Å². The van der Waals surface area contributed by atoms with Crippen molar-refractivity contribution in [3.05, 3.63) is 35.9 Å². The van der Waals surface area contributed by atoms with Gasteiger partial charge < -0.3 is 5.11 Å². The summed E-state index contributed by atoms with van der Waals surface area (Å²) in [7, 11) is 0. The van der Waals surface area contributed by atoms with Crippen molar-refractivity contribution in [2.75, 3.05) is 0 Å². The first-order valence-electron chi connectivity index (χ1n) is 4.96. The summed E-state index contributed by atoms with van der Waals surface area (Å²) in [5.41, 5.74) is 0.589. The van der Waals surface area contributed by atoms with E-state index < -0.39 is 11.9 Å². The van der Waals surface area contributed by atoms with Gasteiger partial charge in [-0.05, 0) is 6.42 Å². The van der Waals surface area contributed by atoms with Gasteiger partial charge in [-0.25, -0.2) is 0 Å². The van der Waals surface area contributed by atoms with Gasteiger partial charge in [-0.3, -0.25) is 9.59 Å². The Labute approximate surface area is 107 Å². The molecule has 1 aromatic carbocycles. The maximum absolute atomic E-state index is 11.8. The number of hydrogen-bond acceptors (Lipinski definition) is 2. The number of Topliss-reactive ketones (excluding diaryl/α,β-unsaturated/α-hetero) is 1. The summed E-state index contributed by atoms with van der Waals surface area (Å²) >= 11 is 0. The van der Waals surface area contributed by atoms with Gasteiger partial charge in [0, 0.05) is 11.5 Å². The van der Waals surface area contributed by atoms with Crippen molar-refractivity contribution in [2.45, 2.75) is 19.8 Å². The third-order valence-corrected chi connectivity index (χ3v) is 2.34. The molecule has 0 heterocycles. The second-order valence-corrected chi connectivity index (χ2v) is 3.43. The summed E-state index contributed by atoms with van der Waals surface area (Å²) in [5.74, 6) is -1.42. The molecule has 16 heavy (non-hydrogen) atoms. The average Bonchev–Trinajstić information content (AvgIpc) is 2.26. The van der Waals surface area contributed by atoms with E-state index in [1.54, 1.807) is 24.3 Å². The van der Waals surface area contributed by atoms with Crippen LogP contribution in [-0.4, -0.2) is 35.7 Å². The van der Waals surface area contributed by atoms with E-state index in [0.29, 0.717) is 12.0 Å². The Bertz CT molecular complexity index is 349. The van der Waals surface area contributed by atoms with E-state index in [1.165, 1.54) is 0 Å². The molecule has 1 unspecified atom stereocenters. The van der Waals surface area contributed by atoms with Gasteiger partial charge in [0.15, 0.2) is 5.78 Å². The molecule has 0 saturated carbocycles. The Kier molecular flexibility index (Phi) is 6.79. The van der Waals surface area contributed by atoms with Gasteiger partial charge in [-0.1, -0.05) is 37.3 Å². The topological polar surface area (TPSA) is 54.4 Å². The Morgan fingerprint density at radius 1 is 1.25 bits per heavy atom. The molecule has 1 atom stereocenters. The summed E-state index contributed by atoms with van der Waals surface area (Å²) in [6, 6.07) is 8.82. The van der Waals surface area contributed by atoms with Crippen LogP contribution in [0.3, 0.4) is 0 Å². The van der Waals surface area contributed by atoms with Crippen LogP contribution in [0.15, 0.2) is 30.3 Å². The van der Waals surface area contributed by atoms with Crippen LogP contribution < -0.4 is 0 Å². The Morgan fingerprint density at radius 2 is 1.81 bits per heavy atom. The quantitative estimate of drug-likeness (QED) is 0.599. The van der Waals surface area contributed by atoms with Crippen molar-refractivity contribution in [3.8, 4) is 0 Å². The molecule has 0 amide bonds. The Hall–Kier alpha value is -1.04. The zero-order valence-electron chi connectivity index (χ0n) is 8.64. The zero-order chi connectivity index (χ0) is 11.3. The summed E-state index contributed by atoms with van der Waals surface area (Å²) < 4.78 is 0. The summed E-state index contributed by atoms with van der Waals surface area (Å²) in [6.45, 7) is 1.83. The zero-order valence-corrected chi connectivity index (χ0v) is 8.64. The van der Waals surface area contributed by atoms with E-state index in [4.69, 9.17) is 5.11 Å². The number of rotatable bonds is 5. The van der Waals surface area contributed by atoms with Gasteiger partial charge in [0.1, 0.15) is 0 Å². The van der Waals surface area contributed by atoms with Crippen molar-refractivity contribution < 1.29 is 14.7 Å². The molecular weight excluding hydrogens is 199 g/mol. The number of carbonyl (C=O) groups excluding carboxylic acids is 1. The van der Waals surface area contributed by atoms with E-state index in [1.807, 2.05) is 13.0 Å². The first kappa shape index (κ1) is 15.0. The molecule has 0 bridgehead atoms. The van der Waals surface area contributed by atoms with Crippen LogP contribution >= 0.6 is 0 Å². The summed E-state index contributed by atoms with van der Waals surface area (Å²) in [5, 5.41) is 8.66. The predicted octanol–water partition coefficient (Wildman–Crippen LogP) is 1.72. The minimum absolute atomic E-state index is 0. The van der Waals surface area contributed by atoms with Gasteiger partial charge in [0.25, 0.3) is 0 Å². The van der Waals surface area contributed by atoms with Crippen molar-refractivity contribution in [2.24, 2.45) is 5.92 Å². The van der Waals surface area contributed by atoms with E-state index in [9.17, 15) is 9.59 Å². The molecule has 0 aliphatic heterocycles. The molecule has 0 spiro atoms. The van der Waals surface area contributed by atoms with Crippen LogP contribution in [0.2, 0.25) is 0 Å². The monoisotopic (exact) mass is 214 g/mol. The summed E-state index contributed by atoms with van der Waals surface area (Å²) in [6.07, 6.45) is 0.463. The van der Waals surface area contributed by atoms with Gasteiger partial charge in [0.05, 0.1) is 6.42 Å². The first-order valence-corrected chi connectivity index (χ1v) is 4.96. The molecule has 0 aliphatic carbocycles. The fourth-order valence-electron chi connectivity index (χ4n) is 1.47. The molecule has 1 N–H and O–H groups in total. The maximum atomic E-state index is 11.8. The molecule has 0 fully saturated rings. The van der Waals surface area contributed by atoms with Gasteiger partial charge >= 0.3 is 24.8 Å². The molecule has 3 nitrogen and oxygen atoms in total. The number of carboxylic acids is 1. The van der Waals surface area contributed by atoms with Crippen LogP contribution in [0.5, 0.6) is 0 Å². The number of carbonyl (C=O) groups is 2. The minimum atomic E-state index is -0.925. The van der Waals surface area contributed by atoms with E-state index in [0.717, 1.165) is 0 Å². The van der Waals surface area contributed by atoms with Crippen molar-refractivity contribution >= 4 is 30.6 Å².